The summed E-state index contributed by atoms with van der Waals surface area (Å²) in [7, 11) is -6.86. The molecule has 6 nitrogen and oxygen atoms in total. The molecule has 0 aliphatic carbocycles. The second-order valence-corrected chi connectivity index (χ2v) is 9.72. The zero-order valence-corrected chi connectivity index (χ0v) is 16.1. The fourth-order valence-electron chi connectivity index (χ4n) is 1.40. The van der Waals surface area contributed by atoms with Crippen LogP contribution in [0.5, 0.6) is 0 Å². The van der Waals surface area contributed by atoms with Crippen molar-refractivity contribution in [1.29, 1.82) is 0 Å². The van der Waals surface area contributed by atoms with Gasteiger partial charge in [0.1, 0.15) is 0 Å². The summed E-state index contributed by atoms with van der Waals surface area (Å²) in [5.74, 6) is 0.00453. The van der Waals surface area contributed by atoms with Crippen molar-refractivity contribution >= 4 is 51.9 Å². The molecule has 0 radical (unpaired) electrons. The second kappa shape index (κ2) is 8.02. The summed E-state index contributed by atoms with van der Waals surface area (Å²) >= 11 is 6.45. The highest BCUT2D eigenvalue weighted by Crippen LogP contribution is 2.25. The predicted molar refractivity (Wildman–Crippen MR) is 89.1 cm³/mol. The molecular formula is C11H16Br2N2O4S2. The molecule has 0 aliphatic heterocycles. The van der Waals surface area contributed by atoms with E-state index in [1.54, 1.807) is 12.1 Å². The van der Waals surface area contributed by atoms with Gasteiger partial charge in [0.15, 0.2) is 0 Å². The minimum absolute atomic E-state index is 0.00453. The van der Waals surface area contributed by atoms with Crippen molar-refractivity contribution < 1.29 is 16.8 Å². The standard InChI is InChI=1S/C11H16Br2N2O4S2/c1-2-20(16,17)14-6-3-7-15-21(18,19)11-5-4-9(12)8-10(11)13/h4-5,8,14-15H,2-3,6-7H2,1H3. The van der Waals surface area contributed by atoms with Gasteiger partial charge < -0.3 is 0 Å². The van der Waals surface area contributed by atoms with Gasteiger partial charge in [-0.05, 0) is 47.5 Å². The zero-order chi connectivity index (χ0) is 16.1. The lowest BCUT2D eigenvalue weighted by molar-refractivity contribution is 0.572. The molecular weight excluding hydrogens is 448 g/mol. The van der Waals surface area contributed by atoms with E-state index in [4.69, 9.17) is 0 Å². The molecule has 0 unspecified atom stereocenters. The third kappa shape index (κ3) is 6.33. The monoisotopic (exact) mass is 462 g/mol. The number of sulfonamides is 2. The van der Waals surface area contributed by atoms with E-state index in [1.807, 2.05) is 0 Å². The SMILES string of the molecule is CCS(=O)(=O)NCCCNS(=O)(=O)c1ccc(Br)cc1Br. The van der Waals surface area contributed by atoms with Gasteiger partial charge in [-0.3, -0.25) is 0 Å². The van der Waals surface area contributed by atoms with Crippen LogP contribution in [0.15, 0.2) is 32.0 Å². The van der Waals surface area contributed by atoms with E-state index in [2.05, 4.69) is 41.3 Å². The summed E-state index contributed by atoms with van der Waals surface area (Å²) in [6, 6.07) is 4.76. The van der Waals surface area contributed by atoms with Crippen LogP contribution in [0.3, 0.4) is 0 Å². The van der Waals surface area contributed by atoms with Crippen LogP contribution >= 0.6 is 31.9 Å². The van der Waals surface area contributed by atoms with E-state index >= 15 is 0 Å². The lowest BCUT2D eigenvalue weighted by atomic mass is 10.4. The molecule has 0 atom stereocenters. The molecule has 2 N–H and O–H groups in total. The van der Waals surface area contributed by atoms with Crippen molar-refractivity contribution in [2.75, 3.05) is 18.8 Å². The number of hydrogen-bond donors (Lipinski definition) is 2. The first-order chi connectivity index (χ1) is 9.68. The van der Waals surface area contributed by atoms with E-state index < -0.39 is 20.0 Å². The average Bonchev–Trinajstić information content (AvgIpc) is 2.37. The third-order valence-corrected chi connectivity index (χ3v) is 6.87. The molecule has 0 heterocycles. The van der Waals surface area contributed by atoms with Crippen LogP contribution in [-0.4, -0.2) is 35.7 Å². The maximum Gasteiger partial charge on any atom is 0.241 e. The summed E-state index contributed by atoms with van der Waals surface area (Å²) < 4.78 is 52.6. The van der Waals surface area contributed by atoms with Crippen LogP contribution in [0.2, 0.25) is 0 Å². The van der Waals surface area contributed by atoms with E-state index in [1.165, 1.54) is 13.0 Å². The number of nitrogens with one attached hydrogen (secondary N) is 2. The fraction of sp³-hybridized carbons (Fsp3) is 0.455. The van der Waals surface area contributed by atoms with Crippen LogP contribution in [-0.2, 0) is 20.0 Å². The molecule has 120 valence electrons. The molecule has 1 aromatic carbocycles. The van der Waals surface area contributed by atoms with Crippen LogP contribution < -0.4 is 9.44 Å². The first-order valence-electron chi connectivity index (χ1n) is 6.10. The van der Waals surface area contributed by atoms with Crippen LogP contribution in [0.4, 0.5) is 0 Å². The molecule has 0 fully saturated rings. The number of hydrogen-bond acceptors (Lipinski definition) is 4. The molecule has 0 bridgehead atoms. The maximum atomic E-state index is 12.1. The Kier molecular flexibility index (Phi) is 7.28. The number of halogens is 2. The number of benzene rings is 1. The Morgan fingerprint density at radius 1 is 1.05 bits per heavy atom. The Balaban J connectivity index is 2.54. The minimum atomic E-state index is -3.62. The van der Waals surface area contributed by atoms with Gasteiger partial charge in [0.2, 0.25) is 20.0 Å². The average molecular weight is 464 g/mol. The maximum absolute atomic E-state index is 12.1. The Morgan fingerprint density at radius 2 is 1.67 bits per heavy atom. The number of rotatable bonds is 8. The third-order valence-electron chi connectivity index (χ3n) is 2.53. The quantitative estimate of drug-likeness (QED) is 0.575. The Labute approximate surface area is 142 Å². The van der Waals surface area contributed by atoms with Gasteiger partial charge in [-0.25, -0.2) is 26.3 Å². The van der Waals surface area contributed by atoms with Gasteiger partial charge in [-0.15, -0.1) is 0 Å². The van der Waals surface area contributed by atoms with Gasteiger partial charge in [0.25, 0.3) is 0 Å². The summed E-state index contributed by atoms with van der Waals surface area (Å²) in [6.07, 6.45) is 0.368. The molecule has 0 saturated heterocycles. The van der Waals surface area contributed by atoms with Gasteiger partial charge in [-0.1, -0.05) is 15.9 Å². The minimum Gasteiger partial charge on any atom is -0.215 e. The van der Waals surface area contributed by atoms with Gasteiger partial charge >= 0.3 is 0 Å². The summed E-state index contributed by atoms with van der Waals surface area (Å²) in [5.41, 5.74) is 0. The van der Waals surface area contributed by atoms with Crippen molar-refractivity contribution in [3.8, 4) is 0 Å². The molecule has 21 heavy (non-hydrogen) atoms. The molecule has 10 heteroatoms. The summed E-state index contributed by atoms with van der Waals surface area (Å²) in [5, 5.41) is 0. The molecule has 1 rings (SSSR count). The summed E-state index contributed by atoms with van der Waals surface area (Å²) in [4.78, 5) is 0.139. The first kappa shape index (κ1) is 19.0. The molecule has 0 saturated carbocycles. The van der Waals surface area contributed by atoms with Gasteiger partial charge in [-0.2, -0.15) is 0 Å². The van der Waals surface area contributed by atoms with Crippen molar-refractivity contribution in [2.24, 2.45) is 0 Å². The molecule has 0 aliphatic rings. The lowest BCUT2D eigenvalue weighted by Crippen LogP contribution is -2.30. The smallest absolute Gasteiger partial charge is 0.215 e. The van der Waals surface area contributed by atoms with Gasteiger partial charge in [0.05, 0.1) is 10.6 Å². The highest BCUT2D eigenvalue weighted by Gasteiger charge is 2.17. The molecule has 0 amide bonds. The van der Waals surface area contributed by atoms with E-state index in [-0.39, 0.29) is 23.7 Å². The van der Waals surface area contributed by atoms with E-state index in [9.17, 15) is 16.8 Å². The lowest BCUT2D eigenvalue weighted by Gasteiger charge is -2.09. The highest BCUT2D eigenvalue weighted by molar-refractivity contribution is 9.11. The summed E-state index contributed by atoms with van der Waals surface area (Å²) in [6.45, 7) is 1.88. The largest absolute Gasteiger partial charge is 0.241 e. The Morgan fingerprint density at radius 3 is 2.24 bits per heavy atom. The van der Waals surface area contributed by atoms with E-state index in [0.29, 0.717) is 10.9 Å². The first-order valence-corrected chi connectivity index (χ1v) is 10.8. The van der Waals surface area contributed by atoms with Crippen LogP contribution in [0.1, 0.15) is 13.3 Å². The fourth-order valence-corrected chi connectivity index (χ4v) is 4.87. The van der Waals surface area contributed by atoms with Crippen molar-refractivity contribution in [3.63, 3.8) is 0 Å². The normalized spacial score (nSPS) is 12.5. The molecule has 1 aromatic rings. The Hall–Kier alpha value is -0.000000000000000111. The van der Waals surface area contributed by atoms with Crippen LogP contribution in [0.25, 0.3) is 0 Å². The second-order valence-electron chi connectivity index (χ2n) is 4.12. The van der Waals surface area contributed by atoms with Crippen LogP contribution in [0, 0.1) is 0 Å². The van der Waals surface area contributed by atoms with Gasteiger partial charge in [0, 0.05) is 22.0 Å². The van der Waals surface area contributed by atoms with Crippen molar-refractivity contribution in [1.82, 2.24) is 9.44 Å². The predicted octanol–water partition coefficient (Wildman–Crippen LogP) is 1.82. The molecule has 0 aromatic heterocycles. The zero-order valence-electron chi connectivity index (χ0n) is 11.3. The van der Waals surface area contributed by atoms with Crippen molar-refractivity contribution in [2.45, 2.75) is 18.2 Å². The van der Waals surface area contributed by atoms with E-state index in [0.717, 1.165) is 4.47 Å². The topological polar surface area (TPSA) is 92.3 Å². The Bertz CT molecular complexity index is 690. The molecule has 0 spiro atoms. The van der Waals surface area contributed by atoms with Crippen molar-refractivity contribution in [3.05, 3.63) is 27.1 Å². The highest BCUT2D eigenvalue weighted by atomic mass is 79.9.